The van der Waals surface area contributed by atoms with Crippen molar-refractivity contribution in [3.8, 4) is 5.75 Å². The fourth-order valence-corrected chi connectivity index (χ4v) is 3.80. The van der Waals surface area contributed by atoms with Gasteiger partial charge >= 0.3 is 0 Å². The van der Waals surface area contributed by atoms with E-state index >= 15 is 0 Å². The summed E-state index contributed by atoms with van der Waals surface area (Å²) < 4.78 is 7.84. The van der Waals surface area contributed by atoms with E-state index in [9.17, 15) is 4.79 Å². The van der Waals surface area contributed by atoms with Crippen LogP contribution in [0.1, 0.15) is 37.8 Å². The molecule has 3 aromatic carbocycles. The molecule has 0 aliphatic carbocycles. The smallest absolute Gasteiger partial charge is 0.277 e. The van der Waals surface area contributed by atoms with E-state index in [4.69, 9.17) is 4.74 Å². The zero-order valence-corrected chi connectivity index (χ0v) is 18.1. The number of aryl methyl sites for hydroxylation is 1. The minimum absolute atomic E-state index is 0.0820. The van der Waals surface area contributed by atoms with E-state index in [0.29, 0.717) is 11.7 Å². The zero-order valence-electron chi connectivity index (χ0n) is 18.1. The zero-order chi connectivity index (χ0) is 21.8. The van der Waals surface area contributed by atoms with Gasteiger partial charge in [0.2, 0.25) is 0 Å². The van der Waals surface area contributed by atoms with Crippen LogP contribution in [-0.4, -0.2) is 23.3 Å². The molecule has 0 aliphatic heterocycles. The largest absolute Gasteiger partial charge is 0.484 e. The van der Waals surface area contributed by atoms with Crippen molar-refractivity contribution in [3.05, 3.63) is 77.9 Å². The number of hydrogen-bond acceptors (Lipinski definition) is 3. The van der Waals surface area contributed by atoms with Crippen LogP contribution in [0.4, 0.5) is 0 Å². The molecular formula is C26H27N3O2. The standard InChI is InChI=1S/C26H27N3O2/c1-4-29-24-8-6-5-7-22(24)23-15-19(9-14-25(23)29)16-27-28-26(30)17-31-21-12-10-20(11-13-21)18(2)3/h5-16,18H,4,17H2,1-3H3,(H,28,30). The maximum Gasteiger partial charge on any atom is 0.277 e. The molecule has 1 aromatic heterocycles. The summed E-state index contributed by atoms with van der Waals surface area (Å²) in [7, 11) is 0. The molecule has 0 fully saturated rings. The van der Waals surface area contributed by atoms with E-state index in [-0.39, 0.29) is 12.5 Å². The van der Waals surface area contributed by atoms with Crippen LogP contribution in [0.15, 0.2) is 71.8 Å². The molecule has 0 bridgehead atoms. The highest BCUT2D eigenvalue weighted by molar-refractivity contribution is 6.09. The number of benzene rings is 3. The Bertz CT molecular complexity index is 1240. The highest BCUT2D eigenvalue weighted by Gasteiger charge is 2.09. The van der Waals surface area contributed by atoms with Gasteiger partial charge in [-0.2, -0.15) is 5.10 Å². The number of carbonyl (C=O) groups excluding carboxylic acids is 1. The maximum atomic E-state index is 12.1. The second-order valence-electron chi connectivity index (χ2n) is 7.84. The van der Waals surface area contributed by atoms with Gasteiger partial charge < -0.3 is 9.30 Å². The summed E-state index contributed by atoms with van der Waals surface area (Å²) in [5.41, 5.74) is 7.12. The van der Waals surface area contributed by atoms with Crippen LogP contribution in [0.25, 0.3) is 21.8 Å². The Labute approximate surface area is 182 Å². The Morgan fingerprint density at radius 2 is 1.77 bits per heavy atom. The van der Waals surface area contributed by atoms with E-state index in [1.165, 1.54) is 27.4 Å². The van der Waals surface area contributed by atoms with Crippen LogP contribution in [0.3, 0.4) is 0 Å². The third-order valence-corrected chi connectivity index (χ3v) is 5.43. The molecule has 0 unspecified atom stereocenters. The first kappa shape index (κ1) is 20.7. The van der Waals surface area contributed by atoms with Gasteiger partial charge in [0.05, 0.1) is 6.21 Å². The predicted molar refractivity (Wildman–Crippen MR) is 127 cm³/mol. The summed E-state index contributed by atoms with van der Waals surface area (Å²) in [5.74, 6) is 0.832. The second kappa shape index (κ2) is 9.04. The first-order valence-corrected chi connectivity index (χ1v) is 10.6. The number of ether oxygens (including phenoxy) is 1. The number of nitrogens with zero attached hydrogens (tertiary/aromatic N) is 2. The molecule has 0 saturated carbocycles. The minimum Gasteiger partial charge on any atom is -0.484 e. The van der Waals surface area contributed by atoms with Crippen molar-refractivity contribution in [1.82, 2.24) is 9.99 Å². The molecule has 1 heterocycles. The van der Waals surface area contributed by atoms with E-state index in [2.05, 4.69) is 72.3 Å². The number of hydrogen-bond donors (Lipinski definition) is 1. The van der Waals surface area contributed by atoms with Crippen LogP contribution < -0.4 is 10.2 Å². The Kier molecular flexibility index (Phi) is 6.03. The lowest BCUT2D eigenvalue weighted by molar-refractivity contribution is -0.123. The Morgan fingerprint density at radius 3 is 2.52 bits per heavy atom. The molecule has 0 aliphatic rings. The molecule has 0 saturated heterocycles. The number of fused-ring (bicyclic) bond motifs is 3. The molecule has 0 radical (unpaired) electrons. The first-order chi connectivity index (χ1) is 15.1. The Hall–Kier alpha value is -3.60. The normalized spacial score (nSPS) is 11.6. The van der Waals surface area contributed by atoms with Gasteiger partial charge in [-0.3, -0.25) is 4.79 Å². The van der Waals surface area contributed by atoms with Crippen LogP contribution in [0.5, 0.6) is 5.75 Å². The summed E-state index contributed by atoms with van der Waals surface area (Å²) >= 11 is 0. The average molecular weight is 414 g/mol. The lowest BCUT2D eigenvalue weighted by Gasteiger charge is -2.08. The number of para-hydroxylation sites is 1. The Balaban J connectivity index is 1.40. The number of carbonyl (C=O) groups is 1. The molecule has 5 heteroatoms. The fraction of sp³-hybridized carbons (Fsp3) is 0.231. The number of nitrogens with one attached hydrogen (secondary N) is 1. The lowest BCUT2D eigenvalue weighted by Crippen LogP contribution is -2.24. The molecule has 1 amide bonds. The van der Waals surface area contributed by atoms with E-state index in [1.807, 2.05) is 30.3 Å². The highest BCUT2D eigenvalue weighted by Crippen LogP contribution is 2.29. The third-order valence-electron chi connectivity index (χ3n) is 5.43. The van der Waals surface area contributed by atoms with Gasteiger partial charge in [-0.1, -0.05) is 50.2 Å². The van der Waals surface area contributed by atoms with E-state index in [0.717, 1.165) is 12.1 Å². The van der Waals surface area contributed by atoms with Gasteiger partial charge in [-0.15, -0.1) is 0 Å². The molecule has 5 nitrogen and oxygen atoms in total. The highest BCUT2D eigenvalue weighted by atomic mass is 16.5. The van der Waals surface area contributed by atoms with Crippen molar-refractivity contribution >= 4 is 33.9 Å². The molecule has 4 aromatic rings. The predicted octanol–water partition coefficient (Wildman–Crippen LogP) is 5.47. The number of rotatable bonds is 7. The van der Waals surface area contributed by atoms with Crippen molar-refractivity contribution in [2.24, 2.45) is 5.10 Å². The lowest BCUT2D eigenvalue weighted by atomic mass is 10.0. The average Bonchev–Trinajstić information content (AvgIpc) is 3.11. The van der Waals surface area contributed by atoms with Gasteiger partial charge in [0, 0.05) is 28.4 Å². The summed E-state index contributed by atoms with van der Waals surface area (Å²) in [6, 6.07) is 22.4. The summed E-state index contributed by atoms with van der Waals surface area (Å²) in [5, 5.41) is 6.49. The molecule has 1 N–H and O–H groups in total. The second-order valence-corrected chi connectivity index (χ2v) is 7.84. The SMILES string of the molecule is CCn1c2ccccc2c2cc(C=NNC(=O)COc3ccc(C(C)C)cc3)ccc21. The van der Waals surface area contributed by atoms with Crippen LogP contribution in [0.2, 0.25) is 0 Å². The van der Waals surface area contributed by atoms with Crippen molar-refractivity contribution in [3.63, 3.8) is 0 Å². The summed E-state index contributed by atoms with van der Waals surface area (Å²) in [6.07, 6.45) is 1.66. The van der Waals surface area contributed by atoms with Gasteiger partial charge in [-0.25, -0.2) is 5.43 Å². The maximum absolute atomic E-state index is 12.1. The van der Waals surface area contributed by atoms with Gasteiger partial charge in [0.25, 0.3) is 5.91 Å². The number of amides is 1. The monoisotopic (exact) mass is 413 g/mol. The fourth-order valence-electron chi connectivity index (χ4n) is 3.80. The van der Waals surface area contributed by atoms with Crippen molar-refractivity contribution in [2.45, 2.75) is 33.2 Å². The van der Waals surface area contributed by atoms with E-state index < -0.39 is 0 Å². The van der Waals surface area contributed by atoms with Crippen molar-refractivity contribution in [2.75, 3.05) is 6.61 Å². The van der Waals surface area contributed by atoms with Gasteiger partial charge in [-0.05, 0) is 54.3 Å². The van der Waals surface area contributed by atoms with Gasteiger partial charge in [0.15, 0.2) is 6.61 Å². The van der Waals surface area contributed by atoms with Gasteiger partial charge in [0.1, 0.15) is 5.75 Å². The van der Waals surface area contributed by atoms with Crippen molar-refractivity contribution < 1.29 is 9.53 Å². The Morgan fingerprint density at radius 1 is 1.03 bits per heavy atom. The molecule has 4 rings (SSSR count). The molecule has 0 spiro atoms. The first-order valence-electron chi connectivity index (χ1n) is 10.6. The molecule has 31 heavy (non-hydrogen) atoms. The molecule has 158 valence electrons. The topological polar surface area (TPSA) is 55.6 Å². The molecular weight excluding hydrogens is 386 g/mol. The summed E-state index contributed by atoms with van der Waals surface area (Å²) in [6.45, 7) is 7.26. The number of hydrazone groups is 1. The van der Waals surface area contributed by atoms with E-state index in [1.54, 1.807) is 6.21 Å². The number of aromatic nitrogens is 1. The van der Waals surface area contributed by atoms with Crippen molar-refractivity contribution in [1.29, 1.82) is 0 Å². The quantitative estimate of drug-likeness (QED) is 0.323. The molecule has 0 atom stereocenters. The minimum atomic E-state index is -0.298. The van der Waals surface area contributed by atoms with Crippen LogP contribution in [-0.2, 0) is 11.3 Å². The van der Waals surface area contributed by atoms with Crippen LogP contribution >= 0.6 is 0 Å². The summed E-state index contributed by atoms with van der Waals surface area (Å²) in [4.78, 5) is 12.1. The van der Waals surface area contributed by atoms with Crippen LogP contribution in [0, 0.1) is 0 Å². The third kappa shape index (κ3) is 4.45.